The van der Waals surface area contributed by atoms with Crippen LogP contribution in [0.1, 0.15) is 71.6 Å². The van der Waals surface area contributed by atoms with E-state index in [2.05, 4.69) is 30.1 Å². The van der Waals surface area contributed by atoms with Gasteiger partial charge in [0.05, 0.1) is 0 Å². The van der Waals surface area contributed by atoms with Gasteiger partial charge in [0.15, 0.2) is 5.88 Å². The number of alkyl carbamates (subject to hydrolysis) is 1. The standard InChI is InChI=1S/C21H34N2O3.C2H6/c1-9-11-18(23(8)10-2)25-19-15(3)12-17(13-16(19)4)14-22-20(24)26-21(5,6)7;1-2/h11-13H,9-10,14H2,1-8H3,(H,22,24);1-2H3/b18-11-;. The highest BCUT2D eigenvalue weighted by Crippen LogP contribution is 2.27. The van der Waals surface area contributed by atoms with Gasteiger partial charge in [-0.25, -0.2) is 4.79 Å². The molecule has 0 unspecified atom stereocenters. The van der Waals surface area contributed by atoms with Crippen LogP contribution in [0.5, 0.6) is 5.75 Å². The fourth-order valence-corrected chi connectivity index (χ4v) is 2.50. The fraction of sp³-hybridized carbons (Fsp3) is 0.609. The number of carbonyl (C=O) groups is 1. The maximum Gasteiger partial charge on any atom is 0.407 e. The Balaban J connectivity index is 0.00000352. The number of nitrogens with one attached hydrogen (secondary N) is 1. The fourth-order valence-electron chi connectivity index (χ4n) is 2.50. The molecule has 1 N–H and O–H groups in total. The van der Waals surface area contributed by atoms with Crippen LogP contribution in [-0.2, 0) is 11.3 Å². The van der Waals surface area contributed by atoms with Crippen LogP contribution in [0.4, 0.5) is 4.79 Å². The van der Waals surface area contributed by atoms with Crippen LogP contribution in [0.3, 0.4) is 0 Å². The minimum Gasteiger partial charge on any atom is -0.444 e. The summed E-state index contributed by atoms with van der Waals surface area (Å²) >= 11 is 0. The molecule has 28 heavy (non-hydrogen) atoms. The third-order valence-corrected chi connectivity index (χ3v) is 3.79. The van der Waals surface area contributed by atoms with E-state index in [1.165, 1.54) is 0 Å². The van der Waals surface area contributed by atoms with Crippen LogP contribution in [0, 0.1) is 13.8 Å². The number of amides is 1. The molecular weight excluding hydrogens is 352 g/mol. The number of nitrogens with zero attached hydrogens (tertiary/aromatic N) is 1. The highest BCUT2D eigenvalue weighted by molar-refractivity contribution is 5.67. The van der Waals surface area contributed by atoms with Crippen molar-refractivity contribution in [2.45, 2.75) is 80.9 Å². The lowest BCUT2D eigenvalue weighted by atomic mass is 10.1. The molecule has 0 heterocycles. The largest absolute Gasteiger partial charge is 0.444 e. The van der Waals surface area contributed by atoms with Gasteiger partial charge in [0.1, 0.15) is 11.4 Å². The highest BCUT2D eigenvalue weighted by atomic mass is 16.6. The molecule has 0 saturated carbocycles. The van der Waals surface area contributed by atoms with Crippen molar-refractivity contribution in [3.63, 3.8) is 0 Å². The molecule has 1 rings (SSSR count). The molecule has 0 radical (unpaired) electrons. The molecule has 160 valence electrons. The van der Waals surface area contributed by atoms with E-state index in [4.69, 9.17) is 9.47 Å². The molecule has 0 aliphatic heterocycles. The van der Waals surface area contributed by atoms with Crippen LogP contribution < -0.4 is 10.1 Å². The van der Waals surface area contributed by atoms with Crippen molar-refractivity contribution in [1.29, 1.82) is 0 Å². The number of ether oxygens (including phenoxy) is 2. The lowest BCUT2D eigenvalue weighted by Gasteiger charge is -2.23. The van der Waals surface area contributed by atoms with E-state index in [0.29, 0.717) is 6.54 Å². The summed E-state index contributed by atoms with van der Waals surface area (Å²) in [4.78, 5) is 13.9. The Hall–Kier alpha value is -2.17. The van der Waals surface area contributed by atoms with Crippen LogP contribution >= 0.6 is 0 Å². The van der Waals surface area contributed by atoms with Crippen LogP contribution in [0.2, 0.25) is 0 Å². The summed E-state index contributed by atoms with van der Waals surface area (Å²) in [5, 5.41) is 2.80. The zero-order chi connectivity index (χ0) is 21.9. The SMILES string of the molecule is CC.CC/C=C(\Oc1c(C)cc(CNC(=O)OC(C)(C)C)cc1C)N(C)CC. The third kappa shape index (κ3) is 9.16. The predicted molar refractivity (Wildman–Crippen MR) is 118 cm³/mol. The second kappa shape index (κ2) is 12.3. The number of hydrogen-bond donors (Lipinski definition) is 1. The van der Waals surface area contributed by atoms with Crippen LogP contribution in [0.25, 0.3) is 0 Å². The van der Waals surface area contributed by atoms with E-state index in [9.17, 15) is 4.79 Å². The van der Waals surface area contributed by atoms with E-state index in [1.54, 1.807) is 0 Å². The van der Waals surface area contributed by atoms with Gasteiger partial charge in [0.2, 0.25) is 0 Å². The Kier molecular flexibility index (Phi) is 11.4. The van der Waals surface area contributed by atoms with Crippen molar-refractivity contribution in [3.8, 4) is 5.75 Å². The lowest BCUT2D eigenvalue weighted by Crippen LogP contribution is -2.32. The highest BCUT2D eigenvalue weighted by Gasteiger charge is 2.16. The molecule has 0 spiro atoms. The first kappa shape index (κ1) is 25.8. The zero-order valence-electron chi connectivity index (χ0n) is 19.5. The van der Waals surface area contributed by atoms with Gasteiger partial charge in [-0.3, -0.25) is 0 Å². The maximum absolute atomic E-state index is 11.8. The van der Waals surface area contributed by atoms with Gasteiger partial charge < -0.3 is 19.7 Å². The molecular formula is C23H40N2O3. The topological polar surface area (TPSA) is 50.8 Å². The van der Waals surface area contributed by atoms with Gasteiger partial charge in [0.25, 0.3) is 0 Å². The summed E-state index contributed by atoms with van der Waals surface area (Å²) in [5.74, 6) is 1.73. The average Bonchev–Trinajstić information content (AvgIpc) is 2.61. The average molecular weight is 393 g/mol. The Morgan fingerprint density at radius 3 is 2.11 bits per heavy atom. The number of carbonyl (C=O) groups excluding carboxylic acids is 1. The number of allylic oxidation sites excluding steroid dienone is 1. The van der Waals surface area contributed by atoms with Gasteiger partial charge in [0, 0.05) is 20.1 Å². The molecule has 5 nitrogen and oxygen atoms in total. The Labute approximate surface area is 172 Å². The summed E-state index contributed by atoms with van der Waals surface area (Å²) in [6, 6.07) is 4.07. The van der Waals surface area contributed by atoms with E-state index in [1.807, 2.05) is 67.6 Å². The summed E-state index contributed by atoms with van der Waals surface area (Å²) in [6.45, 7) is 19.1. The van der Waals surface area contributed by atoms with Gasteiger partial charge in [-0.2, -0.15) is 0 Å². The smallest absolute Gasteiger partial charge is 0.407 e. The Bertz CT molecular complexity index is 623. The first-order chi connectivity index (χ1) is 13.1. The molecule has 1 aromatic rings. The molecule has 0 bridgehead atoms. The van der Waals surface area contributed by atoms with E-state index < -0.39 is 11.7 Å². The molecule has 0 aliphatic carbocycles. The summed E-state index contributed by atoms with van der Waals surface area (Å²) < 4.78 is 11.5. The van der Waals surface area contributed by atoms with Crippen molar-refractivity contribution in [1.82, 2.24) is 10.2 Å². The number of aryl methyl sites for hydroxylation is 2. The van der Waals surface area contributed by atoms with Crippen molar-refractivity contribution in [3.05, 3.63) is 40.8 Å². The summed E-state index contributed by atoms with van der Waals surface area (Å²) in [6.07, 6.45) is 2.58. The van der Waals surface area contributed by atoms with Crippen LogP contribution in [-0.4, -0.2) is 30.2 Å². The van der Waals surface area contributed by atoms with Gasteiger partial charge in [-0.1, -0.05) is 32.9 Å². The third-order valence-electron chi connectivity index (χ3n) is 3.79. The Morgan fingerprint density at radius 1 is 1.14 bits per heavy atom. The minimum atomic E-state index is -0.499. The minimum absolute atomic E-state index is 0.411. The van der Waals surface area contributed by atoms with Gasteiger partial charge >= 0.3 is 6.09 Å². The Morgan fingerprint density at radius 2 is 1.68 bits per heavy atom. The summed E-state index contributed by atoms with van der Waals surface area (Å²) in [7, 11) is 2.02. The monoisotopic (exact) mass is 392 g/mol. The first-order valence-corrected chi connectivity index (χ1v) is 10.2. The molecule has 1 aromatic carbocycles. The molecule has 0 fully saturated rings. The quantitative estimate of drug-likeness (QED) is 0.584. The first-order valence-electron chi connectivity index (χ1n) is 10.2. The molecule has 0 aliphatic rings. The maximum atomic E-state index is 11.8. The molecule has 0 saturated heterocycles. The lowest BCUT2D eigenvalue weighted by molar-refractivity contribution is 0.0523. The molecule has 0 atom stereocenters. The zero-order valence-corrected chi connectivity index (χ0v) is 19.5. The van der Waals surface area contributed by atoms with Gasteiger partial charge in [-0.15, -0.1) is 0 Å². The van der Waals surface area contributed by atoms with Crippen LogP contribution in [0.15, 0.2) is 24.1 Å². The molecule has 1 amide bonds. The van der Waals surface area contributed by atoms with E-state index in [0.717, 1.165) is 41.3 Å². The summed E-state index contributed by atoms with van der Waals surface area (Å²) in [5.41, 5.74) is 2.60. The van der Waals surface area contributed by atoms with E-state index in [-0.39, 0.29) is 0 Å². The number of rotatable bonds is 7. The van der Waals surface area contributed by atoms with Crippen molar-refractivity contribution < 1.29 is 14.3 Å². The molecule has 5 heteroatoms. The van der Waals surface area contributed by atoms with Crippen molar-refractivity contribution >= 4 is 6.09 Å². The van der Waals surface area contributed by atoms with E-state index >= 15 is 0 Å². The van der Waals surface area contributed by atoms with Crippen molar-refractivity contribution in [2.24, 2.45) is 0 Å². The second-order valence-corrected chi connectivity index (χ2v) is 7.48. The normalized spacial score (nSPS) is 11.3. The predicted octanol–water partition coefficient (Wildman–Crippen LogP) is 5.94. The number of hydrogen-bond acceptors (Lipinski definition) is 4. The number of benzene rings is 1. The second-order valence-electron chi connectivity index (χ2n) is 7.48. The molecule has 0 aromatic heterocycles. The van der Waals surface area contributed by atoms with Gasteiger partial charge in [-0.05, 0) is 70.7 Å². The van der Waals surface area contributed by atoms with Crippen molar-refractivity contribution in [2.75, 3.05) is 13.6 Å².